The normalized spacial score (nSPS) is 11.1. The van der Waals surface area contributed by atoms with Gasteiger partial charge in [-0.3, -0.25) is 24.5 Å². The molecule has 0 aliphatic carbocycles. The Hall–Kier alpha value is -6.55. The molecule has 4 heterocycles. The van der Waals surface area contributed by atoms with Crippen molar-refractivity contribution < 1.29 is 9.47 Å². The molecule has 0 fully saturated rings. The average molecular weight is 587 g/mol. The number of ether oxygens (including phenoxy) is 2. The first-order chi connectivity index (χ1) is 22.3. The largest absolute Gasteiger partial charge is 0.457 e. The van der Waals surface area contributed by atoms with Gasteiger partial charge in [-0.05, 0) is 48.5 Å². The zero-order chi connectivity index (χ0) is 30.0. The Labute approximate surface area is 256 Å². The summed E-state index contributed by atoms with van der Waals surface area (Å²) >= 11 is 0. The highest BCUT2D eigenvalue weighted by atomic mass is 16.5. The number of benzene rings is 4. The van der Waals surface area contributed by atoms with E-state index in [0.717, 1.165) is 44.3 Å². The average Bonchev–Trinajstić information content (AvgIpc) is 3.42. The second-order valence-electron chi connectivity index (χ2n) is 10.1. The number of aromatic nitrogens is 8. The second-order valence-corrected chi connectivity index (χ2v) is 10.1. The van der Waals surface area contributed by atoms with Crippen LogP contribution < -0.4 is 9.47 Å². The van der Waals surface area contributed by atoms with Crippen molar-refractivity contribution in [2.45, 2.75) is 0 Å². The molecule has 0 radical (unpaired) electrons. The Morgan fingerprint density at radius 3 is 1.47 bits per heavy atom. The minimum absolute atomic E-state index is 0.480. The quantitative estimate of drug-likeness (QED) is 0.188. The van der Waals surface area contributed by atoms with E-state index in [9.17, 15) is 0 Å². The molecule has 0 saturated heterocycles. The van der Waals surface area contributed by atoms with Crippen molar-refractivity contribution in [2.75, 3.05) is 0 Å². The van der Waals surface area contributed by atoms with Crippen molar-refractivity contribution in [3.63, 3.8) is 0 Å². The van der Waals surface area contributed by atoms with Gasteiger partial charge in [0.25, 0.3) is 0 Å². The molecule has 4 aromatic carbocycles. The minimum atomic E-state index is 0.480. The predicted molar refractivity (Wildman–Crippen MR) is 169 cm³/mol. The maximum atomic E-state index is 6.34. The summed E-state index contributed by atoms with van der Waals surface area (Å²) in [5.41, 5.74) is 5.12. The molecular weight excluding hydrogens is 564 g/mol. The van der Waals surface area contributed by atoms with Crippen molar-refractivity contribution in [3.8, 4) is 51.5 Å². The summed E-state index contributed by atoms with van der Waals surface area (Å²) in [6.45, 7) is 0. The Morgan fingerprint density at radius 2 is 0.978 bits per heavy atom. The molecule has 0 amide bonds. The zero-order valence-corrected chi connectivity index (χ0v) is 23.6. The third kappa shape index (κ3) is 5.17. The van der Waals surface area contributed by atoms with E-state index in [2.05, 4.69) is 34.9 Å². The lowest BCUT2D eigenvalue weighted by Gasteiger charge is -2.10. The molecule has 0 N–H and O–H groups in total. The second kappa shape index (κ2) is 11.3. The van der Waals surface area contributed by atoms with Crippen LogP contribution in [-0.4, -0.2) is 39.5 Å². The van der Waals surface area contributed by atoms with Gasteiger partial charge in [0.2, 0.25) is 5.95 Å². The number of fused-ring (bicyclic) bond motifs is 3. The fourth-order valence-corrected chi connectivity index (χ4v) is 5.28. The smallest absolute Gasteiger partial charge is 0.237 e. The van der Waals surface area contributed by atoms with Gasteiger partial charge in [0, 0.05) is 58.8 Å². The zero-order valence-electron chi connectivity index (χ0n) is 23.6. The molecule has 0 spiro atoms. The van der Waals surface area contributed by atoms with E-state index in [1.807, 2.05) is 89.5 Å². The van der Waals surface area contributed by atoms with Crippen LogP contribution in [-0.2, 0) is 0 Å². The summed E-state index contributed by atoms with van der Waals surface area (Å²) in [4.78, 5) is 30.1. The van der Waals surface area contributed by atoms with Gasteiger partial charge in [0.15, 0.2) is 0 Å². The van der Waals surface area contributed by atoms with Gasteiger partial charge in [0.05, 0.1) is 34.8 Å². The predicted octanol–water partition coefficient (Wildman–Crippen LogP) is 7.47. The van der Waals surface area contributed by atoms with E-state index >= 15 is 0 Å². The lowest BCUT2D eigenvalue weighted by atomic mass is 10.1. The molecule has 4 aromatic heterocycles. The fourth-order valence-electron chi connectivity index (χ4n) is 5.28. The first-order valence-corrected chi connectivity index (χ1v) is 14.1. The molecule has 0 saturated carbocycles. The van der Waals surface area contributed by atoms with Crippen molar-refractivity contribution in [3.05, 3.63) is 135 Å². The van der Waals surface area contributed by atoms with E-state index < -0.39 is 0 Å². The molecule has 0 aliphatic rings. The van der Waals surface area contributed by atoms with Crippen molar-refractivity contribution in [1.82, 2.24) is 39.5 Å². The topological polar surface area (TPSA) is 114 Å². The SMILES string of the molecule is c1cc(Oc2ccc3c4ccc(Oc5cccc(-c6cnccn6)c5)cc4n(-c4ncncn4)c3c2)cc(-c2cnccn2)c1. The van der Waals surface area contributed by atoms with E-state index in [-0.39, 0.29) is 0 Å². The van der Waals surface area contributed by atoms with Crippen LogP contribution in [0.2, 0.25) is 0 Å². The molecule has 0 bridgehead atoms. The van der Waals surface area contributed by atoms with Crippen molar-refractivity contribution in [1.29, 1.82) is 0 Å². The molecule has 8 rings (SSSR count). The molecule has 0 aliphatic heterocycles. The molecule has 0 atom stereocenters. The fraction of sp³-hybridized carbons (Fsp3) is 0. The van der Waals surface area contributed by atoms with Crippen LogP contribution >= 0.6 is 0 Å². The van der Waals surface area contributed by atoms with Crippen molar-refractivity contribution in [2.24, 2.45) is 0 Å². The van der Waals surface area contributed by atoms with E-state index in [1.165, 1.54) is 12.7 Å². The number of rotatable bonds is 7. The molecule has 45 heavy (non-hydrogen) atoms. The molecule has 8 aromatic rings. The summed E-state index contributed by atoms with van der Waals surface area (Å²) in [5, 5.41) is 2.03. The van der Waals surface area contributed by atoms with E-state index in [4.69, 9.17) is 9.47 Å². The van der Waals surface area contributed by atoms with Gasteiger partial charge < -0.3 is 9.47 Å². The standard InChI is InChI=1S/C35H22N8O2/c1-3-23(31-19-36-11-13-39-31)15-25(5-1)44-27-7-9-29-30-10-8-28(18-34(30)43(33(29)17-27)35-41-21-38-22-42-35)45-26-6-2-4-24(16-26)32-20-37-12-14-40-32/h1-22H. The van der Waals surface area contributed by atoms with Crippen LogP contribution in [0.4, 0.5) is 0 Å². The third-order valence-electron chi connectivity index (χ3n) is 7.25. The first kappa shape index (κ1) is 26.1. The van der Waals surface area contributed by atoms with Crippen LogP contribution in [0.15, 0.2) is 135 Å². The third-order valence-corrected chi connectivity index (χ3v) is 7.25. The maximum absolute atomic E-state index is 6.34. The van der Waals surface area contributed by atoms with Crippen molar-refractivity contribution >= 4 is 21.8 Å². The van der Waals surface area contributed by atoms with E-state index in [1.54, 1.807) is 37.2 Å². The number of nitrogens with zero attached hydrogens (tertiary/aromatic N) is 8. The van der Waals surface area contributed by atoms with Crippen LogP contribution in [0.5, 0.6) is 23.0 Å². The van der Waals surface area contributed by atoms with Crippen LogP contribution in [0, 0.1) is 0 Å². The summed E-state index contributed by atoms with van der Waals surface area (Å²) in [5.74, 6) is 3.16. The van der Waals surface area contributed by atoms with E-state index in [0.29, 0.717) is 28.9 Å². The lowest BCUT2D eigenvalue weighted by Crippen LogP contribution is -2.01. The van der Waals surface area contributed by atoms with Gasteiger partial charge in [-0.25, -0.2) is 15.0 Å². The van der Waals surface area contributed by atoms with Crippen LogP contribution in [0.1, 0.15) is 0 Å². The highest BCUT2D eigenvalue weighted by molar-refractivity contribution is 6.09. The summed E-state index contributed by atoms with van der Waals surface area (Å²) in [6, 6.07) is 27.5. The number of hydrogen-bond acceptors (Lipinski definition) is 9. The number of hydrogen-bond donors (Lipinski definition) is 0. The summed E-state index contributed by atoms with van der Waals surface area (Å²) in [7, 11) is 0. The Kier molecular flexibility index (Phi) is 6.54. The lowest BCUT2D eigenvalue weighted by molar-refractivity contribution is 0.483. The highest BCUT2D eigenvalue weighted by Crippen LogP contribution is 2.37. The highest BCUT2D eigenvalue weighted by Gasteiger charge is 2.17. The Morgan fingerprint density at radius 1 is 0.467 bits per heavy atom. The Bertz CT molecular complexity index is 2140. The minimum Gasteiger partial charge on any atom is -0.457 e. The van der Waals surface area contributed by atoms with Gasteiger partial charge >= 0.3 is 0 Å². The molecule has 10 heteroatoms. The molecular formula is C35H22N8O2. The summed E-state index contributed by atoms with van der Waals surface area (Å²) < 4.78 is 14.7. The van der Waals surface area contributed by atoms with Gasteiger partial charge in [0.1, 0.15) is 35.7 Å². The maximum Gasteiger partial charge on any atom is 0.237 e. The van der Waals surface area contributed by atoms with Gasteiger partial charge in [-0.1, -0.05) is 24.3 Å². The van der Waals surface area contributed by atoms with Gasteiger partial charge in [-0.2, -0.15) is 0 Å². The van der Waals surface area contributed by atoms with Crippen LogP contribution in [0.25, 0.3) is 50.3 Å². The Balaban J connectivity index is 1.19. The van der Waals surface area contributed by atoms with Gasteiger partial charge in [-0.15, -0.1) is 0 Å². The summed E-state index contributed by atoms with van der Waals surface area (Å²) in [6.07, 6.45) is 13.1. The monoisotopic (exact) mass is 586 g/mol. The van der Waals surface area contributed by atoms with Crippen LogP contribution in [0.3, 0.4) is 0 Å². The first-order valence-electron chi connectivity index (χ1n) is 14.1. The molecule has 214 valence electrons. The molecule has 0 unspecified atom stereocenters. The molecule has 10 nitrogen and oxygen atoms in total.